The number of hydrogen-bond acceptors (Lipinski definition) is 8. The summed E-state index contributed by atoms with van der Waals surface area (Å²) < 4.78 is 0. The minimum absolute atomic E-state index is 0.0651. The van der Waals surface area contributed by atoms with Gasteiger partial charge in [0.15, 0.2) is 0 Å². The molecule has 0 aromatic carbocycles. The van der Waals surface area contributed by atoms with Gasteiger partial charge in [-0.1, -0.05) is 20.3 Å². The number of aliphatic hydroxyl groups excluding tert-OH is 1. The summed E-state index contributed by atoms with van der Waals surface area (Å²) >= 11 is 5.49. The summed E-state index contributed by atoms with van der Waals surface area (Å²) in [6, 6.07) is -4.46. The fourth-order valence-electron chi connectivity index (χ4n) is 2.39. The van der Waals surface area contributed by atoms with Gasteiger partial charge in [0.25, 0.3) is 0 Å². The number of carboxylic acid groups (broad SMARTS) is 1. The Balaban J connectivity index is 5.16. The molecule has 0 spiro atoms. The number of carbonyl (C=O) groups excluding carboxylic acids is 3. The highest BCUT2D eigenvalue weighted by Crippen LogP contribution is 2.06. The van der Waals surface area contributed by atoms with Gasteiger partial charge in [0.05, 0.1) is 12.1 Å². The topological polar surface area (TPSA) is 171 Å². The van der Waals surface area contributed by atoms with Crippen LogP contribution >= 0.6 is 24.4 Å². The number of aliphatic carboxylic acids is 1. The van der Waals surface area contributed by atoms with E-state index in [1.807, 2.05) is 13.8 Å². The molecular formula is C18H34N4O6S2. The largest absolute Gasteiger partial charge is 0.480 e. The number of thioether (sulfide) groups is 1. The molecule has 0 saturated carbocycles. The van der Waals surface area contributed by atoms with Gasteiger partial charge in [-0.05, 0) is 31.3 Å². The second-order valence-corrected chi connectivity index (χ2v) is 8.41. The molecule has 0 radical (unpaired) electrons. The summed E-state index contributed by atoms with van der Waals surface area (Å²) in [5, 5.41) is 26.3. The Bertz CT molecular complexity index is 593. The van der Waals surface area contributed by atoms with Gasteiger partial charge >= 0.3 is 5.97 Å². The Hall–Kier alpha value is -1.50. The maximum Gasteiger partial charge on any atom is 0.326 e. The minimum atomic E-state index is -1.41. The lowest BCUT2D eigenvalue weighted by molar-refractivity contribution is -0.143. The minimum Gasteiger partial charge on any atom is -0.480 e. The van der Waals surface area contributed by atoms with Crippen molar-refractivity contribution in [3.05, 3.63) is 0 Å². The van der Waals surface area contributed by atoms with Crippen molar-refractivity contribution in [2.24, 2.45) is 11.7 Å². The first-order valence-electron chi connectivity index (χ1n) is 9.67. The van der Waals surface area contributed by atoms with Crippen molar-refractivity contribution < 1.29 is 29.4 Å². The number of nitrogens with two attached hydrogens (primary N) is 1. The standard InChI is InChI=1S/C18H34N4O6S2/c1-5-9(2)13(19)16(25)21-12(8-29)15(24)22-14(10(3)23)17(26)20-11(18(27)28)6-7-30-4/h9-14,23,29H,5-8,19H2,1-4H3,(H,20,26)(H,21,25)(H,22,24)(H,27,28). The number of nitrogens with one attached hydrogen (secondary N) is 3. The molecule has 0 heterocycles. The first-order chi connectivity index (χ1) is 14.0. The number of rotatable bonds is 14. The molecule has 0 aliphatic heterocycles. The molecule has 3 amide bonds. The predicted molar refractivity (Wildman–Crippen MR) is 119 cm³/mol. The number of carbonyl (C=O) groups is 4. The van der Waals surface area contributed by atoms with Crippen molar-refractivity contribution in [3.8, 4) is 0 Å². The molecule has 12 heteroatoms. The fourth-order valence-corrected chi connectivity index (χ4v) is 3.12. The zero-order valence-electron chi connectivity index (χ0n) is 17.8. The van der Waals surface area contributed by atoms with Crippen LogP contribution in [0.4, 0.5) is 0 Å². The van der Waals surface area contributed by atoms with Gasteiger partial charge in [0, 0.05) is 5.75 Å². The van der Waals surface area contributed by atoms with Gasteiger partial charge in [-0.15, -0.1) is 0 Å². The number of thiol groups is 1. The maximum atomic E-state index is 12.6. The van der Waals surface area contributed by atoms with Gasteiger partial charge in [-0.3, -0.25) is 14.4 Å². The first kappa shape index (κ1) is 28.5. The summed E-state index contributed by atoms with van der Waals surface area (Å²) in [6.07, 6.45) is 1.37. The SMILES string of the molecule is CCC(C)C(N)C(=O)NC(CS)C(=O)NC(C(=O)NC(CCSC)C(=O)O)C(C)O. The highest BCUT2D eigenvalue weighted by molar-refractivity contribution is 7.98. The Morgan fingerprint density at radius 3 is 2.03 bits per heavy atom. The molecular weight excluding hydrogens is 432 g/mol. The van der Waals surface area contributed by atoms with Crippen LogP contribution in [0.25, 0.3) is 0 Å². The van der Waals surface area contributed by atoms with Gasteiger partial charge in [-0.25, -0.2) is 4.79 Å². The molecule has 0 bridgehead atoms. The van der Waals surface area contributed by atoms with Crippen molar-refractivity contribution in [1.29, 1.82) is 0 Å². The van der Waals surface area contributed by atoms with E-state index in [0.29, 0.717) is 12.2 Å². The van der Waals surface area contributed by atoms with Crippen LogP contribution in [0, 0.1) is 5.92 Å². The lowest BCUT2D eigenvalue weighted by Gasteiger charge is -2.26. The lowest BCUT2D eigenvalue weighted by Crippen LogP contribution is -2.60. The highest BCUT2D eigenvalue weighted by Gasteiger charge is 2.32. The van der Waals surface area contributed by atoms with Crippen LogP contribution in [-0.2, 0) is 19.2 Å². The van der Waals surface area contributed by atoms with Crippen LogP contribution in [-0.4, -0.2) is 81.9 Å². The van der Waals surface area contributed by atoms with Crippen LogP contribution in [0.5, 0.6) is 0 Å². The molecule has 174 valence electrons. The quantitative estimate of drug-likeness (QED) is 0.159. The fraction of sp³-hybridized carbons (Fsp3) is 0.778. The van der Waals surface area contributed by atoms with E-state index in [0.717, 1.165) is 0 Å². The van der Waals surface area contributed by atoms with E-state index in [2.05, 4.69) is 28.6 Å². The Morgan fingerprint density at radius 1 is 1.03 bits per heavy atom. The zero-order chi connectivity index (χ0) is 23.4. The van der Waals surface area contributed by atoms with Crippen LogP contribution in [0.1, 0.15) is 33.6 Å². The van der Waals surface area contributed by atoms with Crippen molar-refractivity contribution in [2.75, 3.05) is 17.8 Å². The molecule has 7 N–H and O–H groups in total. The van der Waals surface area contributed by atoms with Crippen molar-refractivity contribution in [3.63, 3.8) is 0 Å². The van der Waals surface area contributed by atoms with Crippen LogP contribution < -0.4 is 21.7 Å². The Labute approximate surface area is 186 Å². The average Bonchev–Trinajstić information content (AvgIpc) is 2.70. The number of aliphatic hydroxyl groups is 1. The van der Waals surface area contributed by atoms with Gasteiger partial charge < -0.3 is 31.9 Å². The first-order valence-corrected chi connectivity index (χ1v) is 11.7. The van der Waals surface area contributed by atoms with E-state index in [4.69, 9.17) is 5.73 Å². The van der Waals surface area contributed by atoms with Crippen molar-refractivity contribution >= 4 is 48.1 Å². The summed E-state index contributed by atoms with van der Waals surface area (Å²) in [4.78, 5) is 48.6. The van der Waals surface area contributed by atoms with Crippen molar-refractivity contribution in [1.82, 2.24) is 16.0 Å². The molecule has 30 heavy (non-hydrogen) atoms. The maximum absolute atomic E-state index is 12.6. The molecule has 0 aliphatic carbocycles. The smallest absolute Gasteiger partial charge is 0.326 e. The molecule has 0 fully saturated rings. The molecule has 6 atom stereocenters. The van der Waals surface area contributed by atoms with Gasteiger partial charge in [-0.2, -0.15) is 24.4 Å². The number of carboxylic acids is 1. The van der Waals surface area contributed by atoms with E-state index >= 15 is 0 Å². The Morgan fingerprint density at radius 2 is 1.60 bits per heavy atom. The normalized spacial score (nSPS) is 17.0. The van der Waals surface area contributed by atoms with Gasteiger partial charge in [0.2, 0.25) is 17.7 Å². The van der Waals surface area contributed by atoms with Crippen molar-refractivity contribution in [2.45, 2.75) is 63.9 Å². The van der Waals surface area contributed by atoms with E-state index in [9.17, 15) is 29.4 Å². The molecule has 0 aromatic rings. The third kappa shape index (κ3) is 9.54. The van der Waals surface area contributed by atoms with Crippen LogP contribution in [0.2, 0.25) is 0 Å². The second-order valence-electron chi connectivity index (χ2n) is 7.06. The highest BCUT2D eigenvalue weighted by atomic mass is 32.2. The summed E-state index contributed by atoms with van der Waals surface area (Å²) in [7, 11) is 0. The molecule has 0 aromatic heterocycles. The molecule has 0 aliphatic rings. The monoisotopic (exact) mass is 466 g/mol. The number of hydrogen-bond donors (Lipinski definition) is 7. The van der Waals surface area contributed by atoms with Crippen LogP contribution in [0.15, 0.2) is 0 Å². The van der Waals surface area contributed by atoms with E-state index in [-0.39, 0.29) is 18.1 Å². The zero-order valence-corrected chi connectivity index (χ0v) is 19.5. The predicted octanol–water partition coefficient (Wildman–Crippen LogP) is -1.04. The van der Waals surface area contributed by atoms with E-state index in [1.165, 1.54) is 18.7 Å². The van der Waals surface area contributed by atoms with E-state index in [1.54, 1.807) is 6.26 Å². The third-order valence-corrected chi connectivity index (χ3v) is 5.67. The van der Waals surface area contributed by atoms with Gasteiger partial charge in [0.1, 0.15) is 18.1 Å². The molecule has 6 unspecified atom stereocenters. The second kappa shape index (κ2) is 14.5. The third-order valence-electron chi connectivity index (χ3n) is 4.66. The summed E-state index contributed by atoms with van der Waals surface area (Å²) in [5.41, 5.74) is 5.87. The number of amides is 3. The summed E-state index contributed by atoms with van der Waals surface area (Å²) in [5.74, 6) is -2.98. The average molecular weight is 467 g/mol. The van der Waals surface area contributed by atoms with E-state index < -0.39 is 54.0 Å². The van der Waals surface area contributed by atoms with Crippen LogP contribution in [0.3, 0.4) is 0 Å². The molecule has 10 nitrogen and oxygen atoms in total. The molecule has 0 saturated heterocycles. The Kier molecular flexibility index (Phi) is 13.8. The summed E-state index contributed by atoms with van der Waals surface area (Å²) in [6.45, 7) is 4.98. The molecule has 0 rings (SSSR count). The lowest BCUT2D eigenvalue weighted by atomic mass is 9.99.